The number of benzene rings is 2. The number of halogens is 3. The zero-order valence-electron chi connectivity index (χ0n) is 13.0. The lowest BCUT2D eigenvalue weighted by Crippen LogP contribution is -2.29. The van der Waals surface area contributed by atoms with E-state index in [1.165, 1.54) is 12.1 Å². The normalized spacial score (nSPS) is 10.9. The molecule has 0 aliphatic carbocycles. The van der Waals surface area contributed by atoms with Gasteiger partial charge in [-0.25, -0.2) is 0 Å². The molecule has 0 aliphatic heterocycles. The minimum Gasteiger partial charge on any atom is -0.435 e. The number of rotatable bonds is 7. The zero-order valence-corrected chi connectivity index (χ0v) is 15.2. The molecule has 0 fully saturated rings. The molecular formula is C17H17F2IN2O2. The van der Waals surface area contributed by atoms with Gasteiger partial charge in [-0.3, -0.25) is 9.69 Å². The van der Waals surface area contributed by atoms with Gasteiger partial charge in [0.2, 0.25) is 5.91 Å². The first kappa shape index (κ1) is 18.6. The minimum absolute atomic E-state index is 0.114. The van der Waals surface area contributed by atoms with E-state index in [2.05, 4.69) is 32.6 Å². The first-order valence-corrected chi connectivity index (χ1v) is 8.28. The SMILES string of the molecule is CN(CC(=O)Nc1ccc(I)cc1)Cc1ccc(OC(F)F)cc1. The Bertz CT molecular complexity index is 663. The van der Waals surface area contributed by atoms with Gasteiger partial charge in [0.05, 0.1) is 6.54 Å². The van der Waals surface area contributed by atoms with E-state index in [4.69, 9.17) is 0 Å². The van der Waals surface area contributed by atoms with Crippen LogP contribution in [0, 0.1) is 3.57 Å². The van der Waals surface area contributed by atoms with E-state index in [1.54, 1.807) is 12.1 Å². The molecule has 1 N–H and O–H groups in total. The largest absolute Gasteiger partial charge is 0.435 e. The first-order valence-electron chi connectivity index (χ1n) is 7.20. The molecule has 4 nitrogen and oxygen atoms in total. The van der Waals surface area contributed by atoms with Gasteiger partial charge in [-0.15, -0.1) is 0 Å². The van der Waals surface area contributed by atoms with Crippen molar-refractivity contribution in [1.82, 2.24) is 4.90 Å². The predicted molar refractivity (Wildman–Crippen MR) is 97.2 cm³/mol. The molecule has 7 heteroatoms. The summed E-state index contributed by atoms with van der Waals surface area (Å²) in [5, 5.41) is 2.83. The molecule has 2 aromatic carbocycles. The van der Waals surface area contributed by atoms with Crippen LogP contribution in [0.1, 0.15) is 5.56 Å². The van der Waals surface area contributed by atoms with Gasteiger partial charge in [-0.05, 0) is 71.6 Å². The molecule has 1 amide bonds. The van der Waals surface area contributed by atoms with Crippen molar-refractivity contribution in [2.45, 2.75) is 13.2 Å². The number of hydrogen-bond acceptors (Lipinski definition) is 3. The molecule has 0 unspecified atom stereocenters. The third-order valence-electron chi connectivity index (χ3n) is 3.14. The van der Waals surface area contributed by atoms with Gasteiger partial charge >= 0.3 is 6.61 Å². The summed E-state index contributed by atoms with van der Waals surface area (Å²) in [4.78, 5) is 13.9. The summed E-state index contributed by atoms with van der Waals surface area (Å²) in [6.45, 7) is -2.08. The maximum Gasteiger partial charge on any atom is 0.387 e. The van der Waals surface area contributed by atoms with Crippen LogP contribution in [0.2, 0.25) is 0 Å². The van der Waals surface area contributed by atoms with Crippen molar-refractivity contribution in [3.63, 3.8) is 0 Å². The minimum atomic E-state index is -2.83. The van der Waals surface area contributed by atoms with E-state index in [0.717, 1.165) is 14.8 Å². The molecule has 2 aromatic rings. The van der Waals surface area contributed by atoms with E-state index in [9.17, 15) is 13.6 Å². The van der Waals surface area contributed by atoms with Crippen LogP contribution in [0.5, 0.6) is 5.75 Å². The lowest BCUT2D eigenvalue weighted by molar-refractivity contribution is -0.117. The van der Waals surface area contributed by atoms with Crippen molar-refractivity contribution in [1.29, 1.82) is 0 Å². The van der Waals surface area contributed by atoms with Gasteiger partial charge in [-0.1, -0.05) is 12.1 Å². The van der Waals surface area contributed by atoms with E-state index >= 15 is 0 Å². The van der Waals surface area contributed by atoms with Crippen molar-refractivity contribution in [3.05, 3.63) is 57.7 Å². The van der Waals surface area contributed by atoms with Crippen LogP contribution in [-0.4, -0.2) is 31.0 Å². The Labute approximate surface area is 152 Å². The number of carbonyl (C=O) groups is 1. The highest BCUT2D eigenvalue weighted by Gasteiger charge is 2.09. The average molecular weight is 446 g/mol. The average Bonchev–Trinajstić information content (AvgIpc) is 2.51. The topological polar surface area (TPSA) is 41.6 Å². The van der Waals surface area contributed by atoms with E-state index in [-0.39, 0.29) is 18.2 Å². The molecule has 0 saturated carbocycles. The van der Waals surface area contributed by atoms with Crippen LogP contribution in [0.4, 0.5) is 14.5 Å². The molecule has 0 aliphatic rings. The Balaban J connectivity index is 1.82. The summed E-state index contributed by atoms with van der Waals surface area (Å²) in [7, 11) is 1.82. The quantitative estimate of drug-likeness (QED) is 0.655. The van der Waals surface area contributed by atoms with Crippen LogP contribution in [0.15, 0.2) is 48.5 Å². The van der Waals surface area contributed by atoms with Crippen LogP contribution >= 0.6 is 22.6 Å². The maximum absolute atomic E-state index is 12.1. The lowest BCUT2D eigenvalue weighted by Gasteiger charge is -2.16. The van der Waals surface area contributed by atoms with Gasteiger partial charge in [-0.2, -0.15) is 8.78 Å². The molecule has 0 aromatic heterocycles. The molecule has 0 spiro atoms. The van der Waals surface area contributed by atoms with Gasteiger partial charge in [0, 0.05) is 15.8 Å². The Morgan fingerprint density at radius 2 is 1.79 bits per heavy atom. The van der Waals surface area contributed by atoms with Crippen molar-refractivity contribution in [3.8, 4) is 5.75 Å². The van der Waals surface area contributed by atoms with Gasteiger partial charge in [0.1, 0.15) is 5.75 Å². The van der Waals surface area contributed by atoms with Crippen molar-refractivity contribution in [2.75, 3.05) is 18.9 Å². The number of anilines is 1. The van der Waals surface area contributed by atoms with Gasteiger partial charge in [0.25, 0.3) is 0 Å². The monoisotopic (exact) mass is 446 g/mol. The Morgan fingerprint density at radius 3 is 2.38 bits per heavy atom. The second-order valence-electron chi connectivity index (χ2n) is 5.25. The molecule has 2 rings (SSSR count). The highest BCUT2D eigenvalue weighted by Crippen LogP contribution is 2.16. The fourth-order valence-corrected chi connectivity index (χ4v) is 2.48. The third kappa shape index (κ3) is 6.40. The van der Waals surface area contributed by atoms with E-state index < -0.39 is 6.61 Å². The molecule has 128 valence electrons. The molecule has 0 atom stereocenters. The number of amides is 1. The Morgan fingerprint density at radius 1 is 1.17 bits per heavy atom. The van der Waals surface area contributed by atoms with Crippen molar-refractivity contribution < 1.29 is 18.3 Å². The Hall–Kier alpha value is -1.74. The molecule has 0 heterocycles. The van der Waals surface area contributed by atoms with E-state index in [0.29, 0.717) is 6.54 Å². The number of hydrogen-bond donors (Lipinski definition) is 1. The molecule has 0 radical (unpaired) electrons. The number of nitrogens with one attached hydrogen (secondary N) is 1. The molecular weight excluding hydrogens is 429 g/mol. The highest BCUT2D eigenvalue weighted by atomic mass is 127. The van der Waals surface area contributed by atoms with E-state index in [1.807, 2.05) is 36.2 Å². The number of carbonyl (C=O) groups excluding carboxylic acids is 1. The second kappa shape index (κ2) is 8.93. The zero-order chi connectivity index (χ0) is 17.5. The summed E-state index contributed by atoms with van der Waals surface area (Å²) in [6, 6.07) is 13.9. The molecule has 24 heavy (non-hydrogen) atoms. The summed E-state index contributed by atoms with van der Waals surface area (Å²) < 4.78 is 29.6. The predicted octanol–water partition coefficient (Wildman–Crippen LogP) is 3.96. The summed E-state index contributed by atoms with van der Waals surface area (Å²) in [5.74, 6) is 0.00391. The second-order valence-corrected chi connectivity index (χ2v) is 6.50. The van der Waals surface area contributed by atoms with Crippen LogP contribution in [-0.2, 0) is 11.3 Å². The fraction of sp³-hybridized carbons (Fsp3) is 0.235. The standard InChI is InChI=1S/C17H17F2IN2O2/c1-22(10-12-2-8-15(9-3-12)24-17(18)19)11-16(23)21-14-6-4-13(20)5-7-14/h2-9,17H,10-11H2,1H3,(H,21,23). The van der Waals surface area contributed by atoms with Gasteiger partial charge in [0.15, 0.2) is 0 Å². The number of ether oxygens (including phenoxy) is 1. The van der Waals surface area contributed by atoms with Crippen LogP contribution < -0.4 is 10.1 Å². The summed E-state index contributed by atoms with van der Waals surface area (Å²) in [5.41, 5.74) is 1.66. The van der Waals surface area contributed by atoms with Crippen LogP contribution in [0.3, 0.4) is 0 Å². The van der Waals surface area contributed by atoms with Crippen molar-refractivity contribution >= 4 is 34.2 Å². The smallest absolute Gasteiger partial charge is 0.387 e. The maximum atomic E-state index is 12.1. The highest BCUT2D eigenvalue weighted by molar-refractivity contribution is 14.1. The molecule has 0 bridgehead atoms. The van der Waals surface area contributed by atoms with Crippen molar-refractivity contribution in [2.24, 2.45) is 0 Å². The first-order chi connectivity index (χ1) is 11.4. The molecule has 0 saturated heterocycles. The number of nitrogens with zero attached hydrogens (tertiary/aromatic N) is 1. The summed E-state index contributed by atoms with van der Waals surface area (Å²) >= 11 is 2.20. The summed E-state index contributed by atoms with van der Waals surface area (Å²) in [6.07, 6.45) is 0. The van der Waals surface area contributed by atoms with Gasteiger partial charge < -0.3 is 10.1 Å². The lowest BCUT2D eigenvalue weighted by atomic mass is 10.2. The third-order valence-corrected chi connectivity index (χ3v) is 3.86. The number of likely N-dealkylation sites (N-methyl/N-ethyl adjacent to an activating group) is 1. The fourth-order valence-electron chi connectivity index (χ4n) is 2.12. The Kier molecular flexibility index (Phi) is 6.92. The van der Waals surface area contributed by atoms with Crippen LogP contribution in [0.25, 0.3) is 0 Å². The number of alkyl halides is 2.